The Labute approximate surface area is 172 Å². The molecule has 0 radical (unpaired) electrons. The van der Waals surface area contributed by atoms with Crippen LogP contribution in [0.15, 0.2) is 36.5 Å². The molecule has 30 heavy (non-hydrogen) atoms. The molecule has 2 aromatic carbocycles. The van der Waals surface area contributed by atoms with Gasteiger partial charge < -0.3 is 10.6 Å². The number of amides is 1. The Hall–Kier alpha value is -2.87. The molecule has 5 nitrogen and oxygen atoms in total. The summed E-state index contributed by atoms with van der Waals surface area (Å²) in [7, 11) is 0. The molecule has 0 spiro atoms. The van der Waals surface area contributed by atoms with Gasteiger partial charge in [-0.2, -0.15) is 5.10 Å². The molecule has 1 aliphatic heterocycles. The number of carbonyl (C=O) groups excluding carboxylic acids is 1. The van der Waals surface area contributed by atoms with Gasteiger partial charge in [0.05, 0.1) is 28.9 Å². The Balaban J connectivity index is 1.63. The van der Waals surface area contributed by atoms with Crippen molar-refractivity contribution < 1.29 is 18.0 Å². The van der Waals surface area contributed by atoms with Crippen molar-refractivity contribution in [2.24, 2.45) is 0 Å². The summed E-state index contributed by atoms with van der Waals surface area (Å²) in [5, 5.41) is 13.8. The van der Waals surface area contributed by atoms with E-state index in [9.17, 15) is 18.0 Å². The fourth-order valence-corrected chi connectivity index (χ4v) is 4.07. The number of hydrogen-bond donors (Lipinski definition) is 3. The van der Waals surface area contributed by atoms with Crippen LogP contribution in [0.25, 0.3) is 10.9 Å². The molecule has 3 aromatic rings. The summed E-state index contributed by atoms with van der Waals surface area (Å²) in [5.74, 6) is -1.06. The Kier molecular flexibility index (Phi) is 5.76. The number of H-pyrrole nitrogens is 1. The van der Waals surface area contributed by atoms with E-state index in [1.807, 2.05) is 12.1 Å². The molecule has 1 aliphatic rings. The lowest BCUT2D eigenvalue weighted by atomic mass is 9.88. The normalized spacial score (nSPS) is 16.2. The molecule has 1 fully saturated rings. The highest BCUT2D eigenvalue weighted by atomic mass is 19.3. The van der Waals surface area contributed by atoms with Gasteiger partial charge in [0.15, 0.2) is 0 Å². The Morgan fingerprint density at radius 2 is 1.93 bits per heavy atom. The molecule has 8 heteroatoms. The number of aromatic amines is 1. The molecule has 1 amide bonds. The summed E-state index contributed by atoms with van der Waals surface area (Å²) in [4.78, 5) is 13.1. The Morgan fingerprint density at radius 3 is 2.67 bits per heavy atom. The molecule has 1 aromatic heterocycles. The molecule has 1 saturated heterocycles. The Bertz CT molecular complexity index is 1060. The number of benzene rings is 2. The van der Waals surface area contributed by atoms with E-state index in [1.54, 1.807) is 13.1 Å². The van der Waals surface area contributed by atoms with Crippen molar-refractivity contribution in [2.75, 3.05) is 13.1 Å². The number of carbonyl (C=O) groups is 1. The van der Waals surface area contributed by atoms with Crippen LogP contribution in [0, 0.1) is 5.82 Å². The fraction of sp³-hybridized carbons (Fsp3) is 0.364. The third-order valence-electron chi connectivity index (χ3n) is 5.73. The van der Waals surface area contributed by atoms with Crippen LogP contribution in [0.1, 0.15) is 65.2 Å². The smallest absolute Gasteiger partial charge is 0.266 e. The van der Waals surface area contributed by atoms with Crippen LogP contribution < -0.4 is 10.6 Å². The SMILES string of the molecule is CC(NC(=O)c1cc(C2CCNCC2)cc2cn[nH]c12)c1cccc(C(F)F)c1F. The molecule has 1 atom stereocenters. The fourth-order valence-electron chi connectivity index (χ4n) is 4.07. The van der Waals surface area contributed by atoms with Gasteiger partial charge in [-0.3, -0.25) is 9.89 Å². The lowest BCUT2D eigenvalue weighted by Gasteiger charge is -2.24. The van der Waals surface area contributed by atoms with E-state index in [0.717, 1.165) is 42.9 Å². The summed E-state index contributed by atoms with van der Waals surface area (Å²) in [6.45, 7) is 3.42. The number of fused-ring (bicyclic) bond motifs is 1. The zero-order chi connectivity index (χ0) is 21.3. The maximum Gasteiger partial charge on any atom is 0.266 e. The van der Waals surface area contributed by atoms with E-state index in [1.165, 1.54) is 12.1 Å². The number of nitrogens with zero attached hydrogens (tertiary/aromatic N) is 1. The second-order valence-corrected chi connectivity index (χ2v) is 7.67. The van der Waals surface area contributed by atoms with Crippen molar-refractivity contribution in [1.82, 2.24) is 20.8 Å². The van der Waals surface area contributed by atoms with Gasteiger partial charge in [0.2, 0.25) is 0 Å². The summed E-state index contributed by atoms with van der Waals surface area (Å²) >= 11 is 0. The van der Waals surface area contributed by atoms with E-state index in [0.29, 0.717) is 17.0 Å². The van der Waals surface area contributed by atoms with Gasteiger partial charge in [-0.05, 0) is 56.5 Å². The van der Waals surface area contributed by atoms with Crippen LogP contribution in [0.2, 0.25) is 0 Å². The molecule has 158 valence electrons. The van der Waals surface area contributed by atoms with Gasteiger partial charge in [0.1, 0.15) is 5.82 Å². The van der Waals surface area contributed by atoms with Crippen molar-refractivity contribution in [3.8, 4) is 0 Å². The van der Waals surface area contributed by atoms with Crippen molar-refractivity contribution in [2.45, 2.75) is 38.2 Å². The summed E-state index contributed by atoms with van der Waals surface area (Å²) in [5.41, 5.74) is 1.43. The second-order valence-electron chi connectivity index (χ2n) is 7.67. The molecule has 4 rings (SSSR count). The third kappa shape index (κ3) is 3.92. The number of halogens is 3. The monoisotopic (exact) mass is 416 g/mol. The minimum atomic E-state index is -2.92. The average molecular weight is 416 g/mol. The summed E-state index contributed by atoms with van der Waals surface area (Å²) in [6, 6.07) is 6.94. The second kappa shape index (κ2) is 8.47. The van der Waals surface area contributed by atoms with Crippen molar-refractivity contribution in [3.63, 3.8) is 0 Å². The number of alkyl halides is 2. The van der Waals surface area contributed by atoms with Crippen molar-refractivity contribution in [1.29, 1.82) is 0 Å². The number of aromatic nitrogens is 2. The quantitative estimate of drug-likeness (QED) is 0.570. The van der Waals surface area contributed by atoms with Gasteiger partial charge in [0.25, 0.3) is 12.3 Å². The maximum atomic E-state index is 14.5. The van der Waals surface area contributed by atoms with E-state index >= 15 is 0 Å². The van der Waals surface area contributed by atoms with E-state index in [2.05, 4.69) is 20.8 Å². The zero-order valence-corrected chi connectivity index (χ0v) is 16.5. The third-order valence-corrected chi connectivity index (χ3v) is 5.73. The highest BCUT2D eigenvalue weighted by Crippen LogP contribution is 2.31. The number of nitrogens with one attached hydrogen (secondary N) is 3. The van der Waals surface area contributed by atoms with Crippen LogP contribution in [-0.2, 0) is 0 Å². The van der Waals surface area contributed by atoms with Crippen molar-refractivity contribution in [3.05, 3.63) is 64.6 Å². The number of rotatable bonds is 5. The molecule has 2 heterocycles. The van der Waals surface area contributed by atoms with Crippen LogP contribution in [-0.4, -0.2) is 29.2 Å². The average Bonchev–Trinajstić information content (AvgIpc) is 3.22. The first-order chi connectivity index (χ1) is 14.5. The Morgan fingerprint density at radius 1 is 1.20 bits per heavy atom. The lowest BCUT2D eigenvalue weighted by molar-refractivity contribution is 0.0940. The largest absolute Gasteiger partial charge is 0.345 e. The summed E-state index contributed by atoms with van der Waals surface area (Å²) in [6.07, 6.45) is 0.712. The minimum Gasteiger partial charge on any atom is -0.345 e. The summed E-state index contributed by atoms with van der Waals surface area (Å²) < 4.78 is 40.5. The molecular weight excluding hydrogens is 393 g/mol. The van der Waals surface area contributed by atoms with E-state index in [-0.39, 0.29) is 5.56 Å². The lowest BCUT2D eigenvalue weighted by Crippen LogP contribution is -2.29. The van der Waals surface area contributed by atoms with Crippen LogP contribution >= 0.6 is 0 Å². The number of piperidine rings is 1. The van der Waals surface area contributed by atoms with Gasteiger partial charge in [0, 0.05) is 10.9 Å². The zero-order valence-electron chi connectivity index (χ0n) is 16.5. The predicted octanol–water partition coefficient (Wildman–Crippen LogP) is 4.60. The van der Waals surface area contributed by atoms with Gasteiger partial charge >= 0.3 is 0 Å². The predicted molar refractivity (Wildman–Crippen MR) is 108 cm³/mol. The number of hydrogen-bond acceptors (Lipinski definition) is 3. The first kappa shape index (κ1) is 20.4. The highest BCUT2D eigenvalue weighted by molar-refractivity contribution is 6.06. The molecule has 3 N–H and O–H groups in total. The van der Waals surface area contributed by atoms with Crippen LogP contribution in [0.5, 0.6) is 0 Å². The van der Waals surface area contributed by atoms with E-state index in [4.69, 9.17) is 0 Å². The minimum absolute atomic E-state index is 0.0246. The first-order valence-corrected chi connectivity index (χ1v) is 10.0. The molecule has 0 saturated carbocycles. The first-order valence-electron chi connectivity index (χ1n) is 10.0. The highest BCUT2D eigenvalue weighted by Gasteiger charge is 2.23. The van der Waals surface area contributed by atoms with E-state index < -0.39 is 29.8 Å². The van der Waals surface area contributed by atoms with Gasteiger partial charge in [-0.15, -0.1) is 0 Å². The van der Waals surface area contributed by atoms with Gasteiger partial charge in [-0.1, -0.05) is 18.2 Å². The standard InChI is InChI=1S/C22H23F3N4O/c1-12(16-3-2-4-17(19(16)23)21(24)25)28-22(30)18-10-14(13-5-7-26-8-6-13)9-15-11-27-29-20(15)18/h2-4,9-13,21,26H,5-8H2,1H3,(H,27,29)(H,28,30). The maximum absolute atomic E-state index is 14.5. The van der Waals surface area contributed by atoms with Crippen LogP contribution in [0.4, 0.5) is 13.2 Å². The molecule has 1 unspecified atom stereocenters. The van der Waals surface area contributed by atoms with Gasteiger partial charge in [-0.25, -0.2) is 13.2 Å². The molecule has 0 aliphatic carbocycles. The topological polar surface area (TPSA) is 69.8 Å². The molecular formula is C22H23F3N4O. The van der Waals surface area contributed by atoms with Crippen LogP contribution in [0.3, 0.4) is 0 Å². The molecule has 0 bridgehead atoms. The van der Waals surface area contributed by atoms with Crippen molar-refractivity contribution >= 4 is 16.8 Å².